The Morgan fingerprint density at radius 1 is 1.19 bits per heavy atom. The highest BCUT2D eigenvalue weighted by Crippen LogP contribution is 2.34. The number of rotatable bonds is 8. The Morgan fingerprint density at radius 2 is 1.97 bits per heavy atom. The molecule has 8 heteroatoms. The molecule has 3 aromatic rings. The van der Waals surface area contributed by atoms with Gasteiger partial charge in [-0.05, 0) is 30.9 Å². The minimum absolute atomic E-state index is 0.423. The topological polar surface area (TPSA) is 106 Å². The number of pyridine rings is 2. The Kier molecular flexibility index (Phi) is 6.86. The molecular formula is C24H32N8. The fourth-order valence-corrected chi connectivity index (χ4v) is 4.80. The van der Waals surface area contributed by atoms with Crippen LogP contribution in [0, 0.1) is 30.1 Å². The summed E-state index contributed by atoms with van der Waals surface area (Å²) in [5, 5.41) is 24.3. The van der Waals surface area contributed by atoms with Gasteiger partial charge in [0.05, 0.1) is 11.6 Å². The Labute approximate surface area is 189 Å². The predicted molar refractivity (Wildman–Crippen MR) is 128 cm³/mol. The molecule has 4 rings (SSSR count). The van der Waals surface area contributed by atoms with E-state index in [-0.39, 0.29) is 0 Å². The lowest BCUT2D eigenvalue weighted by Crippen LogP contribution is -2.55. The molecule has 32 heavy (non-hydrogen) atoms. The first-order chi connectivity index (χ1) is 15.6. The molecule has 2 unspecified atom stereocenters. The molecule has 0 aromatic carbocycles. The number of H-pyrrole nitrogens is 1. The second kappa shape index (κ2) is 9.96. The summed E-state index contributed by atoms with van der Waals surface area (Å²) in [6, 6.07) is 10.7. The minimum Gasteiger partial charge on any atom is -0.355 e. The lowest BCUT2D eigenvalue weighted by atomic mass is 9.80. The zero-order chi connectivity index (χ0) is 22.5. The molecule has 3 N–H and O–H groups in total. The number of fused-ring (bicyclic) bond motifs is 1. The van der Waals surface area contributed by atoms with E-state index in [1.54, 1.807) is 0 Å². The molecule has 8 nitrogen and oxygen atoms in total. The highest BCUT2D eigenvalue weighted by atomic mass is 15.2. The number of nitriles is 1. The molecule has 0 spiro atoms. The lowest BCUT2D eigenvalue weighted by Gasteiger charge is -2.45. The number of anilines is 3. The standard InChI is InChI=1S/C24H32N8/c1-4-17-14-32(15-18(5-2)23(17)27-11-7-9-25)24-19-8-6-10-26-20(19)13-21(29-24)28-22-12-16(3)30-31-22/h6,8,10,12-13,17-18,23,27H,4-5,7,11,14-15H2,1-3H3,(H2,28,29,30,31). The first kappa shape index (κ1) is 22.0. The molecule has 0 aliphatic carbocycles. The van der Waals surface area contributed by atoms with Crippen molar-refractivity contribution in [1.82, 2.24) is 25.5 Å². The second-order valence-electron chi connectivity index (χ2n) is 8.59. The SMILES string of the molecule is CCC1CN(c2nc(Nc3cc(C)[nH]n3)cc3ncccc23)CC(CC)C1NCCC#N. The van der Waals surface area contributed by atoms with Gasteiger partial charge in [0, 0.05) is 61.5 Å². The van der Waals surface area contributed by atoms with Crippen LogP contribution in [0.4, 0.5) is 17.5 Å². The van der Waals surface area contributed by atoms with Gasteiger partial charge in [-0.25, -0.2) is 4.98 Å². The molecule has 0 bridgehead atoms. The van der Waals surface area contributed by atoms with Crippen LogP contribution in [0.25, 0.3) is 10.9 Å². The van der Waals surface area contributed by atoms with E-state index in [0.717, 1.165) is 66.5 Å². The van der Waals surface area contributed by atoms with Gasteiger partial charge in [0.1, 0.15) is 11.6 Å². The van der Waals surface area contributed by atoms with Crippen LogP contribution in [-0.4, -0.2) is 45.8 Å². The van der Waals surface area contributed by atoms with Crippen LogP contribution in [0.15, 0.2) is 30.5 Å². The summed E-state index contributed by atoms with van der Waals surface area (Å²) in [7, 11) is 0. The molecule has 1 aliphatic heterocycles. The van der Waals surface area contributed by atoms with Crippen molar-refractivity contribution in [2.24, 2.45) is 11.8 Å². The first-order valence-electron chi connectivity index (χ1n) is 11.5. The van der Waals surface area contributed by atoms with Crippen LogP contribution in [0.5, 0.6) is 0 Å². The highest BCUT2D eigenvalue weighted by molar-refractivity contribution is 5.92. The first-order valence-corrected chi connectivity index (χ1v) is 11.5. The fraction of sp³-hybridized carbons (Fsp3) is 0.500. The van der Waals surface area contributed by atoms with Crippen LogP contribution < -0.4 is 15.5 Å². The average Bonchev–Trinajstić information content (AvgIpc) is 3.22. The van der Waals surface area contributed by atoms with Crippen molar-refractivity contribution >= 4 is 28.4 Å². The number of piperidine rings is 1. The number of hydrogen-bond acceptors (Lipinski definition) is 7. The Morgan fingerprint density at radius 3 is 2.62 bits per heavy atom. The van der Waals surface area contributed by atoms with Gasteiger partial charge in [-0.1, -0.05) is 26.7 Å². The van der Waals surface area contributed by atoms with Crippen molar-refractivity contribution in [2.75, 3.05) is 29.9 Å². The van der Waals surface area contributed by atoms with E-state index in [4.69, 9.17) is 10.2 Å². The van der Waals surface area contributed by atoms with Gasteiger partial charge in [0.15, 0.2) is 5.82 Å². The third-order valence-electron chi connectivity index (χ3n) is 6.43. The Hall–Kier alpha value is -3.18. The van der Waals surface area contributed by atoms with E-state index in [0.29, 0.717) is 24.3 Å². The summed E-state index contributed by atoms with van der Waals surface area (Å²) in [5.74, 6) is 3.44. The maximum absolute atomic E-state index is 8.94. The summed E-state index contributed by atoms with van der Waals surface area (Å²) in [6.45, 7) is 9.10. The van der Waals surface area contributed by atoms with E-state index < -0.39 is 0 Å². The molecule has 1 saturated heterocycles. The average molecular weight is 433 g/mol. The van der Waals surface area contributed by atoms with Crippen molar-refractivity contribution in [2.45, 2.75) is 46.1 Å². The van der Waals surface area contributed by atoms with Crippen molar-refractivity contribution < 1.29 is 0 Å². The monoisotopic (exact) mass is 432 g/mol. The van der Waals surface area contributed by atoms with Gasteiger partial charge in [-0.2, -0.15) is 10.4 Å². The number of aromatic nitrogens is 4. The van der Waals surface area contributed by atoms with E-state index in [1.165, 1.54) is 0 Å². The summed E-state index contributed by atoms with van der Waals surface area (Å²) in [4.78, 5) is 12.1. The number of aromatic amines is 1. The molecule has 2 atom stereocenters. The minimum atomic E-state index is 0.423. The maximum Gasteiger partial charge on any atom is 0.153 e. The molecule has 1 fully saturated rings. The molecule has 168 valence electrons. The third-order valence-corrected chi connectivity index (χ3v) is 6.43. The van der Waals surface area contributed by atoms with Crippen LogP contribution in [0.1, 0.15) is 38.8 Å². The number of nitrogens with one attached hydrogen (secondary N) is 3. The predicted octanol–water partition coefficient (Wildman–Crippen LogP) is 4.15. The van der Waals surface area contributed by atoms with Crippen LogP contribution in [0.2, 0.25) is 0 Å². The van der Waals surface area contributed by atoms with Gasteiger partial charge in [-0.3, -0.25) is 10.1 Å². The maximum atomic E-state index is 8.94. The van der Waals surface area contributed by atoms with Gasteiger partial charge in [-0.15, -0.1) is 0 Å². The summed E-state index contributed by atoms with van der Waals surface area (Å²) < 4.78 is 0. The van der Waals surface area contributed by atoms with Crippen molar-refractivity contribution in [1.29, 1.82) is 5.26 Å². The fourth-order valence-electron chi connectivity index (χ4n) is 4.80. The summed E-state index contributed by atoms with van der Waals surface area (Å²) >= 11 is 0. The van der Waals surface area contributed by atoms with Gasteiger partial charge >= 0.3 is 0 Å². The van der Waals surface area contributed by atoms with Gasteiger partial charge in [0.25, 0.3) is 0 Å². The Balaban J connectivity index is 1.66. The van der Waals surface area contributed by atoms with Crippen molar-refractivity contribution in [3.05, 3.63) is 36.2 Å². The molecule has 0 radical (unpaired) electrons. The van der Waals surface area contributed by atoms with Gasteiger partial charge in [0.2, 0.25) is 0 Å². The third kappa shape index (κ3) is 4.68. The van der Waals surface area contributed by atoms with E-state index in [1.807, 2.05) is 31.3 Å². The quantitative estimate of drug-likeness (QED) is 0.459. The summed E-state index contributed by atoms with van der Waals surface area (Å²) in [5.41, 5.74) is 1.91. The summed E-state index contributed by atoms with van der Waals surface area (Å²) in [6.07, 6.45) is 4.53. The number of aryl methyl sites for hydroxylation is 1. The molecule has 0 saturated carbocycles. The number of nitrogens with zero attached hydrogens (tertiary/aromatic N) is 5. The molecular weight excluding hydrogens is 400 g/mol. The molecule has 1 aliphatic rings. The molecule has 0 amide bonds. The number of hydrogen-bond donors (Lipinski definition) is 3. The van der Waals surface area contributed by atoms with Crippen LogP contribution >= 0.6 is 0 Å². The highest BCUT2D eigenvalue weighted by Gasteiger charge is 2.35. The lowest BCUT2D eigenvalue weighted by molar-refractivity contribution is 0.212. The Bertz CT molecular complexity index is 1070. The largest absolute Gasteiger partial charge is 0.355 e. The van der Waals surface area contributed by atoms with E-state index in [2.05, 4.69) is 56.7 Å². The van der Waals surface area contributed by atoms with Gasteiger partial charge < -0.3 is 15.5 Å². The zero-order valence-electron chi connectivity index (χ0n) is 19.1. The van der Waals surface area contributed by atoms with Crippen LogP contribution in [0.3, 0.4) is 0 Å². The zero-order valence-corrected chi connectivity index (χ0v) is 19.1. The normalized spacial score (nSPS) is 20.9. The van der Waals surface area contributed by atoms with Crippen molar-refractivity contribution in [3.8, 4) is 6.07 Å². The van der Waals surface area contributed by atoms with E-state index in [9.17, 15) is 0 Å². The molecule has 3 aromatic heterocycles. The van der Waals surface area contributed by atoms with E-state index >= 15 is 0 Å². The molecule has 4 heterocycles. The van der Waals surface area contributed by atoms with Crippen LogP contribution in [-0.2, 0) is 0 Å². The second-order valence-corrected chi connectivity index (χ2v) is 8.59. The smallest absolute Gasteiger partial charge is 0.153 e. The van der Waals surface area contributed by atoms with Crippen molar-refractivity contribution in [3.63, 3.8) is 0 Å².